The van der Waals surface area contributed by atoms with Crippen LogP contribution in [0.15, 0.2) is 48.5 Å². The monoisotopic (exact) mass is 524 g/mol. The van der Waals surface area contributed by atoms with Gasteiger partial charge < -0.3 is 28.4 Å². The van der Waals surface area contributed by atoms with Crippen LogP contribution in [0.3, 0.4) is 0 Å². The molecule has 5 rings (SSSR count). The molecule has 0 spiro atoms. The van der Waals surface area contributed by atoms with Crippen LogP contribution in [0, 0.1) is 22.7 Å². The molecule has 182 valence electrons. The predicted octanol–water partition coefficient (Wildman–Crippen LogP) is 5.17. The van der Waals surface area contributed by atoms with Gasteiger partial charge in [0.25, 0.3) is 0 Å². The number of benzene rings is 3. The lowest BCUT2D eigenvalue weighted by atomic mass is 10.1. The Bertz CT molecular complexity index is 1280. The Labute approximate surface area is 217 Å². The van der Waals surface area contributed by atoms with Gasteiger partial charge in [0.1, 0.15) is 59.7 Å². The third-order valence-corrected chi connectivity index (χ3v) is 6.30. The third kappa shape index (κ3) is 4.61. The second kappa shape index (κ2) is 10.3. The number of halogens is 2. The van der Waals surface area contributed by atoms with E-state index < -0.39 is 12.2 Å². The summed E-state index contributed by atoms with van der Waals surface area (Å²) in [7, 11) is 0. The van der Waals surface area contributed by atoms with Crippen LogP contribution < -0.4 is 28.4 Å². The van der Waals surface area contributed by atoms with Crippen molar-refractivity contribution in [2.24, 2.45) is 0 Å². The molecule has 2 aliphatic rings. The molecule has 2 unspecified atom stereocenters. The Kier molecular flexibility index (Phi) is 6.81. The van der Waals surface area contributed by atoms with Gasteiger partial charge in [-0.15, -0.1) is 0 Å². The summed E-state index contributed by atoms with van der Waals surface area (Å²) in [6, 6.07) is 18.5. The fourth-order valence-electron chi connectivity index (χ4n) is 3.77. The normalized spacial score (nSPS) is 17.4. The molecule has 0 aromatic heterocycles. The molecular weight excluding hydrogens is 507 g/mol. The summed E-state index contributed by atoms with van der Waals surface area (Å²) in [5.41, 5.74) is -0.185. The quantitative estimate of drug-likeness (QED) is 0.434. The fourth-order valence-corrected chi connectivity index (χ4v) is 4.24. The van der Waals surface area contributed by atoms with Gasteiger partial charge in [0.2, 0.25) is 0 Å². The van der Waals surface area contributed by atoms with Gasteiger partial charge in [-0.3, -0.25) is 0 Å². The first-order valence-corrected chi connectivity index (χ1v) is 11.7. The van der Waals surface area contributed by atoms with Crippen molar-refractivity contribution in [2.75, 3.05) is 26.4 Å². The zero-order chi connectivity index (χ0) is 25.1. The number of nitriles is 2. The summed E-state index contributed by atoms with van der Waals surface area (Å²) in [5.74, 6) is 2.39. The highest BCUT2D eigenvalue weighted by Crippen LogP contribution is 2.45. The summed E-state index contributed by atoms with van der Waals surface area (Å²) in [4.78, 5) is 0. The van der Waals surface area contributed by atoms with Crippen LogP contribution in [0.4, 0.5) is 0 Å². The Morgan fingerprint density at radius 3 is 1.47 bits per heavy atom. The first-order chi connectivity index (χ1) is 17.6. The molecule has 8 nitrogen and oxygen atoms in total. The Morgan fingerprint density at radius 2 is 1.08 bits per heavy atom. The van der Waals surface area contributed by atoms with Crippen LogP contribution >= 0.6 is 23.2 Å². The second-order valence-electron chi connectivity index (χ2n) is 7.88. The van der Waals surface area contributed by atoms with Crippen molar-refractivity contribution in [2.45, 2.75) is 12.2 Å². The van der Waals surface area contributed by atoms with Crippen LogP contribution in [0.2, 0.25) is 10.0 Å². The topological polar surface area (TPSA) is 103 Å². The molecule has 2 atom stereocenters. The van der Waals surface area contributed by atoms with Crippen molar-refractivity contribution >= 4 is 23.2 Å². The summed E-state index contributed by atoms with van der Waals surface area (Å²) >= 11 is 12.9. The maximum atomic E-state index is 9.82. The number of para-hydroxylation sites is 4. The zero-order valence-corrected chi connectivity index (χ0v) is 20.2. The smallest absolute Gasteiger partial charge is 0.166 e. The number of nitrogens with zero attached hydrogens (tertiary/aromatic N) is 2. The molecular formula is C26H18Cl2N2O6. The van der Waals surface area contributed by atoms with E-state index in [-0.39, 0.29) is 59.1 Å². The average Bonchev–Trinajstić information content (AvgIpc) is 2.92. The fraction of sp³-hybridized carbons (Fsp3) is 0.231. The lowest BCUT2D eigenvalue weighted by Crippen LogP contribution is -2.35. The van der Waals surface area contributed by atoms with Gasteiger partial charge in [0.05, 0.1) is 0 Å². The van der Waals surface area contributed by atoms with E-state index in [9.17, 15) is 10.5 Å². The maximum Gasteiger partial charge on any atom is 0.166 e. The Morgan fingerprint density at radius 1 is 0.694 bits per heavy atom. The molecule has 10 heteroatoms. The SMILES string of the molecule is N#Cc1c(C#N)c(OCC2COc3ccccc3O2)c(Cl)c(Cl)c1OCC1COc2ccccc2O1. The first kappa shape index (κ1) is 23.7. The van der Waals surface area contributed by atoms with Gasteiger partial charge in [-0.05, 0) is 24.3 Å². The van der Waals surface area contributed by atoms with Gasteiger partial charge in [-0.2, -0.15) is 10.5 Å². The molecule has 36 heavy (non-hydrogen) atoms. The molecule has 3 aromatic rings. The van der Waals surface area contributed by atoms with E-state index >= 15 is 0 Å². The second-order valence-corrected chi connectivity index (χ2v) is 8.63. The lowest BCUT2D eigenvalue weighted by Gasteiger charge is -2.27. The standard InChI is InChI=1S/C26H18Cl2N2O6/c27-23-24(28)26(34-14-16-12-32-20-6-2-4-8-22(20)36-16)18(10-30)17(9-29)25(23)33-13-15-11-31-19-5-1-3-7-21(19)35-15/h1-8,15-16H,11-14H2. The van der Waals surface area contributed by atoms with Crippen LogP contribution in [-0.4, -0.2) is 38.6 Å². The molecule has 0 radical (unpaired) electrons. The summed E-state index contributed by atoms with van der Waals surface area (Å²) in [5, 5.41) is 19.5. The minimum absolute atomic E-state index is 0.0107. The minimum Gasteiger partial charge on any atom is -0.487 e. The number of fused-ring (bicyclic) bond motifs is 2. The van der Waals surface area contributed by atoms with E-state index in [1.807, 2.05) is 36.4 Å². The van der Waals surface area contributed by atoms with E-state index in [0.717, 1.165) is 0 Å². The largest absolute Gasteiger partial charge is 0.487 e. The van der Waals surface area contributed by atoms with Crippen molar-refractivity contribution in [1.29, 1.82) is 10.5 Å². The molecule has 2 heterocycles. The van der Waals surface area contributed by atoms with Crippen LogP contribution in [0.25, 0.3) is 0 Å². The minimum atomic E-state index is -0.464. The number of rotatable bonds is 6. The third-order valence-electron chi connectivity index (χ3n) is 5.48. The molecule has 0 saturated heterocycles. The number of hydrogen-bond acceptors (Lipinski definition) is 8. The number of hydrogen-bond donors (Lipinski definition) is 0. The molecule has 0 aliphatic carbocycles. The van der Waals surface area contributed by atoms with Crippen molar-refractivity contribution < 1.29 is 28.4 Å². The molecule has 0 saturated carbocycles. The average molecular weight is 525 g/mol. The van der Waals surface area contributed by atoms with Gasteiger partial charge in [-0.1, -0.05) is 47.5 Å². The van der Waals surface area contributed by atoms with Crippen LogP contribution in [0.5, 0.6) is 34.5 Å². The van der Waals surface area contributed by atoms with Gasteiger partial charge in [0, 0.05) is 0 Å². The van der Waals surface area contributed by atoms with Crippen molar-refractivity contribution in [3.63, 3.8) is 0 Å². The van der Waals surface area contributed by atoms with Gasteiger partial charge in [-0.25, -0.2) is 0 Å². The maximum absolute atomic E-state index is 9.82. The molecule has 0 amide bonds. The van der Waals surface area contributed by atoms with Gasteiger partial charge in [0.15, 0.2) is 46.7 Å². The molecule has 0 fully saturated rings. The van der Waals surface area contributed by atoms with Gasteiger partial charge >= 0.3 is 0 Å². The molecule has 0 N–H and O–H groups in total. The van der Waals surface area contributed by atoms with Crippen LogP contribution in [-0.2, 0) is 0 Å². The van der Waals surface area contributed by atoms with Crippen LogP contribution in [0.1, 0.15) is 11.1 Å². The van der Waals surface area contributed by atoms with E-state index in [4.69, 9.17) is 51.6 Å². The summed E-state index contributed by atoms with van der Waals surface area (Å²) < 4.78 is 34.8. The highest BCUT2D eigenvalue weighted by Gasteiger charge is 2.29. The zero-order valence-electron chi connectivity index (χ0n) is 18.7. The highest BCUT2D eigenvalue weighted by molar-refractivity contribution is 6.44. The van der Waals surface area contributed by atoms with E-state index in [1.54, 1.807) is 24.3 Å². The molecule has 0 bridgehead atoms. The Hall–Kier alpha value is -3.98. The van der Waals surface area contributed by atoms with E-state index in [1.165, 1.54) is 0 Å². The first-order valence-electron chi connectivity index (χ1n) is 11.0. The van der Waals surface area contributed by atoms with Crippen molar-refractivity contribution in [3.05, 3.63) is 69.7 Å². The summed E-state index contributed by atoms with van der Waals surface area (Å²) in [6.07, 6.45) is -0.928. The molecule has 3 aromatic carbocycles. The van der Waals surface area contributed by atoms with E-state index in [0.29, 0.717) is 23.0 Å². The Balaban J connectivity index is 1.32. The lowest BCUT2D eigenvalue weighted by molar-refractivity contribution is 0.0524. The van der Waals surface area contributed by atoms with E-state index in [2.05, 4.69) is 0 Å². The molecule has 2 aliphatic heterocycles. The summed E-state index contributed by atoms with van der Waals surface area (Å²) in [6.45, 7) is 0.500. The van der Waals surface area contributed by atoms with Crippen molar-refractivity contribution in [3.8, 4) is 46.6 Å². The number of ether oxygens (including phenoxy) is 6. The predicted molar refractivity (Wildman–Crippen MR) is 130 cm³/mol. The van der Waals surface area contributed by atoms with Crippen molar-refractivity contribution in [1.82, 2.24) is 0 Å². The highest BCUT2D eigenvalue weighted by atomic mass is 35.5.